The van der Waals surface area contributed by atoms with Crippen LogP contribution in [0.15, 0.2) is 0 Å². The van der Waals surface area contributed by atoms with Gasteiger partial charge in [0.15, 0.2) is 0 Å². The Morgan fingerprint density at radius 1 is 1.21 bits per heavy atom. The van der Waals surface area contributed by atoms with Gasteiger partial charge >= 0.3 is 7.60 Å². The highest BCUT2D eigenvalue weighted by Gasteiger charge is 2.18. The van der Waals surface area contributed by atoms with Crippen LogP contribution < -0.4 is 0 Å². The molecule has 4 heteroatoms. The molecule has 0 radical (unpaired) electrons. The second-order valence-corrected chi connectivity index (χ2v) is 6.31. The highest BCUT2D eigenvalue weighted by atomic mass is 31.2. The number of rotatable bonds is 7. The molecule has 0 saturated carbocycles. The van der Waals surface area contributed by atoms with Gasteiger partial charge in [-0.2, -0.15) is 0 Å². The van der Waals surface area contributed by atoms with Gasteiger partial charge in [-0.25, -0.2) is 0 Å². The predicted molar refractivity (Wildman–Crippen MR) is 59.8 cm³/mol. The Bertz CT molecular complexity index is 192. The molecule has 3 nitrogen and oxygen atoms in total. The zero-order chi connectivity index (χ0) is 11.2. The van der Waals surface area contributed by atoms with Gasteiger partial charge in [0.25, 0.3) is 0 Å². The van der Waals surface area contributed by atoms with Gasteiger partial charge in [0.2, 0.25) is 0 Å². The van der Waals surface area contributed by atoms with E-state index in [0.717, 1.165) is 18.8 Å². The molecule has 0 N–H and O–H groups in total. The van der Waals surface area contributed by atoms with Crippen molar-refractivity contribution in [2.45, 2.75) is 46.1 Å². The standard InChI is InChI=1S/C10H23O3P/c1-9(2)7-6-8-10(3)13-14(5,11)12-4/h9-10H,6-8H2,1-5H3. The van der Waals surface area contributed by atoms with E-state index in [1.807, 2.05) is 6.92 Å². The Balaban J connectivity index is 3.65. The van der Waals surface area contributed by atoms with Crippen molar-refractivity contribution in [3.05, 3.63) is 0 Å². The number of hydrogen-bond acceptors (Lipinski definition) is 3. The smallest absolute Gasteiger partial charge is 0.312 e. The predicted octanol–water partition coefficient (Wildman–Crippen LogP) is 3.69. The lowest BCUT2D eigenvalue weighted by atomic mass is 10.1. The zero-order valence-corrected chi connectivity index (χ0v) is 10.8. The average Bonchev–Trinajstić information content (AvgIpc) is 2.02. The van der Waals surface area contributed by atoms with Gasteiger partial charge in [0, 0.05) is 13.8 Å². The van der Waals surface area contributed by atoms with Crippen LogP contribution in [0.1, 0.15) is 40.0 Å². The van der Waals surface area contributed by atoms with Crippen molar-refractivity contribution in [1.82, 2.24) is 0 Å². The Hall–Kier alpha value is 0.150. The third kappa shape index (κ3) is 7.54. The second kappa shape index (κ2) is 6.60. The van der Waals surface area contributed by atoms with Crippen molar-refractivity contribution >= 4 is 7.60 Å². The molecule has 14 heavy (non-hydrogen) atoms. The van der Waals surface area contributed by atoms with E-state index in [0.29, 0.717) is 0 Å². The van der Waals surface area contributed by atoms with Gasteiger partial charge in [0.1, 0.15) is 0 Å². The summed E-state index contributed by atoms with van der Waals surface area (Å²) in [6, 6.07) is 0. The van der Waals surface area contributed by atoms with Crippen molar-refractivity contribution in [1.29, 1.82) is 0 Å². The summed E-state index contributed by atoms with van der Waals surface area (Å²) in [6.07, 6.45) is 3.26. The second-order valence-electron chi connectivity index (χ2n) is 4.19. The van der Waals surface area contributed by atoms with Gasteiger partial charge in [0.05, 0.1) is 6.10 Å². The Morgan fingerprint density at radius 3 is 2.21 bits per heavy atom. The average molecular weight is 222 g/mol. The fourth-order valence-corrected chi connectivity index (χ4v) is 2.08. The molecule has 0 aliphatic carbocycles. The van der Waals surface area contributed by atoms with Crippen molar-refractivity contribution in [2.75, 3.05) is 13.8 Å². The minimum Gasteiger partial charge on any atom is -0.312 e. The SMILES string of the molecule is COP(C)(=O)OC(C)CCCC(C)C. The summed E-state index contributed by atoms with van der Waals surface area (Å²) < 4.78 is 21.5. The van der Waals surface area contributed by atoms with E-state index in [1.165, 1.54) is 20.2 Å². The van der Waals surface area contributed by atoms with Crippen LogP contribution >= 0.6 is 7.60 Å². The first kappa shape index (κ1) is 14.2. The quantitative estimate of drug-likeness (QED) is 0.616. The molecule has 86 valence electrons. The lowest BCUT2D eigenvalue weighted by Gasteiger charge is -2.17. The Morgan fingerprint density at radius 2 is 1.79 bits per heavy atom. The van der Waals surface area contributed by atoms with Gasteiger partial charge in [-0.15, -0.1) is 0 Å². The van der Waals surface area contributed by atoms with Crippen LogP contribution in [0, 0.1) is 5.92 Å². The molecule has 0 amide bonds. The lowest BCUT2D eigenvalue weighted by Crippen LogP contribution is -2.07. The molecule has 0 aromatic carbocycles. The summed E-state index contributed by atoms with van der Waals surface area (Å²) in [5.74, 6) is 0.720. The van der Waals surface area contributed by atoms with Gasteiger partial charge in [-0.3, -0.25) is 4.57 Å². The molecule has 0 aliphatic rings. The van der Waals surface area contributed by atoms with Crippen molar-refractivity contribution in [2.24, 2.45) is 5.92 Å². The molecule has 0 aromatic heterocycles. The third-order valence-electron chi connectivity index (χ3n) is 2.10. The minimum absolute atomic E-state index is 0.0181. The summed E-state index contributed by atoms with van der Waals surface area (Å²) in [6.45, 7) is 7.85. The van der Waals surface area contributed by atoms with Crippen LogP contribution in [0.4, 0.5) is 0 Å². The van der Waals surface area contributed by atoms with Crippen molar-refractivity contribution in [3.8, 4) is 0 Å². The zero-order valence-electron chi connectivity index (χ0n) is 9.95. The van der Waals surface area contributed by atoms with Crippen LogP contribution in [0.3, 0.4) is 0 Å². The number of hydrogen-bond donors (Lipinski definition) is 0. The van der Waals surface area contributed by atoms with E-state index in [1.54, 1.807) is 0 Å². The minimum atomic E-state index is -2.79. The Labute approximate surface area is 87.7 Å². The lowest BCUT2D eigenvalue weighted by molar-refractivity contribution is 0.167. The molecule has 0 aromatic rings. The largest absolute Gasteiger partial charge is 0.327 e. The first-order valence-corrected chi connectivity index (χ1v) is 7.18. The first-order chi connectivity index (χ1) is 6.37. The molecule has 0 aliphatic heterocycles. The van der Waals surface area contributed by atoms with Gasteiger partial charge in [-0.05, 0) is 19.3 Å². The van der Waals surface area contributed by atoms with E-state index in [9.17, 15) is 4.57 Å². The molecule has 2 atom stereocenters. The molecule has 0 spiro atoms. The summed E-state index contributed by atoms with van der Waals surface area (Å²) in [4.78, 5) is 0. The molecular weight excluding hydrogens is 199 g/mol. The van der Waals surface area contributed by atoms with E-state index in [4.69, 9.17) is 9.05 Å². The normalized spacial score (nSPS) is 18.1. The fraction of sp³-hybridized carbons (Fsp3) is 1.00. The van der Waals surface area contributed by atoms with Crippen LogP contribution in [-0.4, -0.2) is 19.9 Å². The van der Waals surface area contributed by atoms with Crippen LogP contribution in [0.2, 0.25) is 0 Å². The van der Waals surface area contributed by atoms with Crippen LogP contribution in [0.25, 0.3) is 0 Å². The first-order valence-electron chi connectivity index (χ1n) is 5.19. The highest BCUT2D eigenvalue weighted by Crippen LogP contribution is 2.44. The maximum absolute atomic E-state index is 11.4. The molecule has 2 unspecified atom stereocenters. The summed E-state index contributed by atoms with van der Waals surface area (Å²) in [7, 11) is -1.38. The van der Waals surface area contributed by atoms with E-state index < -0.39 is 7.60 Å². The van der Waals surface area contributed by atoms with E-state index in [2.05, 4.69) is 13.8 Å². The van der Waals surface area contributed by atoms with Crippen LogP contribution in [-0.2, 0) is 13.6 Å². The topological polar surface area (TPSA) is 35.5 Å². The van der Waals surface area contributed by atoms with E-state index in [-0.39, 0.29) is 6.10 Å². The van der Waals surface area contributed by atoms with Gasteiger partial charge < -0.3 is 9.05 Å². The molecule has 0 heterocycles. The molecule has 0 saturated heterocycles. The van der Waals surface area contributed by atoms with E-state index >= 15 is 0 Å². The van der Waals surface area contributed by atoms with Crippen molar-refractivity contribution in [3.63, 3.8) is 0 Å². The monoisotopic (exact) mass is 222 g/mol. The summed E-state index contributed by atoms with van der Waals surface area (Å²) >= 11 is 0. The summed E-state index contributed by atoms with van der Waals surface area (Å²) in [5.41, 5.74) is 0. The third-order valence-corrected chi connectivity index (χ3v) is 3.50. The molecule has 0 fully saturated rings. The van der Waals surface area contributed by atoms with Crippen LogP contribution in [0.5, 0.6) is 0 Å². The summed E-state index contributed by atoms with van der Waals surface area (Å²) in [5, 5.41) is 0. The molecular formula is C10H23O3P. The molecule has 0 bridgehead atoms. The maximum atomic E-state index is 11.4. The fourth-order valence-electron chi connectivity index (χ4n) is 1.24. The Kier molecular flexibility index (Phi) is 6.67. The maximum Gasteiger partial charge on any atom is 0.327 e. The molecule has 0 rings (SSSR count). The van der Waals surface area contributed by atoms with Gasteiger partial charge in [-0.1, -0.05) is 26.7 Å². The highest BCUT2D eigenvalue weighted by molar-refractivity contribution is 7.52. The van der Waals surface area contributed by atoms with Crippen molar-refractivity contribution < 1.29 is 13.6 Å².